The molecule has 0 heterocycles. The molecule has 138 valence electrons. The van der Waals surface area contributed by atoms with Crippen molar-refractivity contribution in [3.8, 4) is 0 Å². The maximum absolute atomic E-state index is 12.6. The van der Waals surface area contributed by atoms with Gasteiger partial charge in [0.05, 0.1) is 0 Å². The normalized spacial score (nSPS) is 11.1. The Hall–Kier alpha value is -2.53. The van der Waals surface area contributed by atoms with Gasteiger partial charge in [0, 0.05) is 28.4 Å². The zero-order chi connectivity index (χ0) is 19.3. The van der Waals surface area contributed by atoms with Crippen LogP contribution >= 0.6 is 11.6 Å². The molecule has 0 aliphatic rings. The lowest BCUT2D eigenvalue weighted by Crippen LogP contribution is -2.33. The molecule has 2 aromatic rings. The second-order valence-electron chi connectivity index (χ2n) is 6.90. The highest BCUT2D eigenvalue weighted by Gasteiger charge is 2.17. The number of rotatable bonds is 5. The van der Waals surface area contributed by atoms with Gasteiger partial charge in [-0.25, -0.2) is 4.79 Å². The van der Waals surface area contributed by atoms with Crippen LogP contribution in [0.5, 0.6) is 0 Å². The standard InChI is InChI=1S/C20H23ClN2O3/c1-20(2,3)26-19(25)23-10-9-14-11-17(22)15(12-16(14)21)18(24)13-7-5-4-6-8-13/h4-8,11-12H,9-10,22H2,1-3H3,(H,23,25). The van der Waals surface area contributed by atoms with Gasteiger partial charge < -0.3 is 15.8 Å². The summed E-state index contributed by atoms with van der Waals surface area (Å²) in [6, 6.07) is 12.1. The molecule has 0 unspecified atom stereocenters. The van der Waals surface area contributed by atoms with E-state index in [2.05, 4.69) is 5.32 Å². The van der Waals surface area contributed by atoms with Crippen LogP contribution in [0, 0.1) is 0 Å². The molecular formula is C20H23ClN2O3. The van der Waals surface area contributed by atoms with Crippen LogP contribution in [0.4, 0.5) is 10.5 Å². The highest BCUT2D eigenvalue weighted by atomic mass is 35.5. The molecule has 5 nitrogen and oxygen atoms in total. The number of carbonyl (C=O) groups is 2. The molecule has 0 bridgehead atoms. The molecule has 3 N–H and O–H groups in total. The third-order valence-electron chi connectivity index (χ3n) is 3.56. The van der Waals surface area contributed by atoms with Crippen molar-refractivity contribution in [1.82, 2.24) is 5.32 Å². The molecule has 0 aliphatic carbocycles. The minimum absolute atomic E-state index is 0.177. The van der Waals surface area contributed by atoms with Gasteiger partial charge >= 0.3 is 6.09 Å². The molecule has 1 amide bonds. The van der Waals surface area contributed by atoms with E-state index in [4.69, 9.17) is 22.1 Å². The summed E-state index contributed by atoms with van der Waals surface area (Å²) in [7, 11) is 0. The van der Waals surface area contributed by atoms with E-state index in [0.29, 0.717) is 34.8 Å². The second-order valence-corrected chi connectivity index (χ2v) is 7.31. The smallest absolute Gasteiger partial charge is 0.407 e. The third-order valence-corrected chi connectivity index (χ3v) is 3.91. The summed E-state index contributed by atoms with van der Waals surface area (Å²) in [4.78, 5) is 24.2. The second kappa shape index (κ2) is 8.23. The first kappa shape index (κ1) is 19.8. The van der Waals surface area contributed by atoms with E-state index in [1.165, 1.54) is 0 Å². The van der Waals surface area contributed by atoms with Gasteiger partial charge in [-0.15, -0.1) is 0 Å². The maximum atomic E-state index is 12.6. The summed E-state index contributed by atoms with van der Waals surface area (Å²) in [6.07, 6.45) is -0.0142. The minimum Gasteiger partial charge on any atom is -0.444 e. The molecule has 0 atom stereocenters. The number of anilines is 1. The first-order valence-corrected chi connectivity index (χ1v) is 8.69. The van der Waals surface area contributed by atoms with Gasteiger partial charge in [0.1, 0.15) is 5.60 Å². The Labute approximate surface area is 158 Å². The summed E-state index contributed by atoms with van der Waals surface area (Å²) < 4.78 is 5.18. The first-order chi connectivity index (χ1) is 12.2. The number of nitrogen functional groups attached to an aromatic ring is 1. The number of carbonyl (C=O) groups excluding carboxylic acids is 2. The molecule has 2 rings (SSSR count). The fourth-order valence-corrected chi connectivity index (χ4v) is 2.64. The number of nitrogens with one attached hydrogen (secondary N) is 1. The van der Waals surface area contributed by atoms with E-state index >= 15 is 0 Å². The first-order valence-electron chi connectivity index (χ1n) is 8.32. The topological polar surface area (TPSA) is 81.4 Å². The average molecular weight is 375 g/mol. The number of benzene rings is 2. The zero-order valence-corrected chi connectivity index (χ0v) is 15.9. The minimum atomic E-state index is -0.550. The molecule has 2 aromatic carbocycles. The van der Waals surface area contributed by atoms with Crippen molar-refractivity contribution in [1.29, 1.82) is 0 Å². The highest BCUT2D eigenvalue weighted by molar-refractivity contribution is 6.32. The van der Waals surface area contributed by atoms with E-state index in [-0.39, 0.29) is 5.78 Å². The van der Waals surface area contributed by atoms with Crippen LogP contribution in [0.3, 0.4) is 0 Å². The van der Waals surface area contributed by atoms with Crippen molar-refractivity contribution >= 4 is 29.2 Å². The number of nitrogens with two attached hydrogens (primary N) is 1. The van der Waals surface area contributed by atoms with Crippen molar-refractivity contribution in [2.45, 2.75) is 32.8 Å². The van der Waals surface area contributed by atoms with Gasteiger partial charge in [-0.05, 0) is 44.9 Å². The fourth-order valence-electron chi connectivity index (χ4n) is 2.38. The number of ether oxygens (including phenoxy) is 1. The van der Waals surface area contributed by atoms with Gasteiger partial charge in [0.15, 0.2) is 5.78 Å². The van der Waals surface area contributed by atoms with E-state index < -0.39 is 11.7 Å². The van der Waals surface area contributed by atoms with Gasteiger partial charge in [-0.3, -0.25) is 4.79 Å². The van der Waals surface area contributed by atoms with Crippen LogP contribution in [0.2, 0.25) is 5.02 Å². The van der Waals surface area contributed by atoms with Gasteiger partial charge in [0.2, 0.25) is 0 Å². The SMILES string of the molecule is CC(C)(C)OC(=O)NCCc1cc(N)c(C(=O)c2ccccc2)cc1Cl. The Morgan fingerprint density at radius 1 is 1.15 bits per heavy atom. The Morgan fingerprint density at radius 3 is 2.42 bits per heavy atom. The van der Waals surface area contributed by atoms with Crippen LogP contribution in [-0.2, 0) is 11.2 Å². The number of halogens is 1. The predicted octanol–water partition coefficient (Wildman–Crippen LogP) is 4.22. The maximum Gasteiger partial charge on any atom is 0.407 e. The zero-order valence-electron chi connectivity index (χ0n) is 15.1. The molecule has 0 saturated heterocycles. The number of amides is 1. The van der Waals surface area contributed by atoms with Crippen molar-refractivity contribution < 1.29 is 14.3 Å². The van der Waals surface area contributed by atoms with Gasteiger partial charge in [0.25, 0.3) is 0 Å². The Balaban J connectivity index is 2.05. The van der Waals surface area contributed by atoms with Gasteiger partial charge in [-0.2, -0.15) is 0 Å². The van der Waals surface area contributed by atoms with E-state index in [1.54, 1.807) is 57.2 Å². The quantitative estimate of drug-likeness (QED) is 0.606. The number of hydrogen-bond acceptors (Lipinski definition) is 4. The molecule has 0 radical (unpaired) electrons. The molecule has 26 heavy (non-hydrogen) atoms. The molecule has 0 aliphatic heterocycles. The van der Waals surface area contributed by atoms with Crippen LogP contribution in [0.1, 0.15) is 42.3 Å². The lowest BCUT2D eigenvalue weighted by atomic mass is 9.99. The van der Waals surface area contributed by atoms with Crippen molar-refractivity contribution in [3.05, 3.63) is 64.2 Å². The summed E-state index contributed by atoms with van der Waals surface area (Å²) in [5, 5.41) is 3.10. The molecule has 0 spiro atoms. The summed E-state index contributed by atoms with van der Waals surface area (Å²) in [5.74, 6) is -0.177. The number of ketones is 1. The Bertz CT molecular complexity index is 799. The average Bonchev–Trinajstić information content (AvgIpc) is 2.56. The lowest BCUT2D eigenvalue weighted by Gasteiger charge is -2.19. The van der Waals surface area contributed by atoms with Crippen molar-refractivity contribution in [2.24, 2.45) is 0 Å². The van der Waals surface area contributed by atoms with E-state index in [1.807, 2.05) is 6.07 Å². The summed E-state index contributed by atoms with van der Waals surface area (Å²) in [5.41, 5.74) is 7.53. The summed E-state index contributed by atoms with van der Waals surface area (Å²) >= 11 is 6.30. The summed E-state index contributed by atoms with van der Waals surface area (Å²) in [6.45, 7) is 5.74. The fraction of sp³-hybridized carbons (Fsp3) is 0.300. The van der Waals surface area contributed by atoms with Crippen LogP contribution < -0.4 is 11.1 Å². The van der Waals surface area contributed by atoms with E-state index in [0.717, 1.165) is 5.56 Å². The highest BCUT2D eigenvalue weighted by Crippen LogP contribution is 2.26. The predicted molar refractivity (Wildman–Crippen MR) is 104 cm³/mol. The van der Waals surface area contributed by atoms with Crippen LogP contribution in [0.25, 0.3) is 0 Å². The molecular weight excluding hydrogens is 352 g/mol. The number of alkyl carbamates (subject to hydrolysis) is 1. The van der Waals surface area contributed by atoms with E-state index in [9.17, 15) is 9.59 Å². The third kappa shape index (κ3) is 5.49. The lowest BCUT2D eigenvalue weighted by molar-refractivity contribution is 0.0528. The number of hydrogen-bond donors (Lipinski definition) is 2. The molecule has 0 aromatic heterocycles. The van der Waals surface area contributed by atoms with Crippen LogP contribution in [-0.4, -0.2) is 24.0 Å². The molecule has 0 fully saturated rings. The van der Waals surface area contributed by atoms with Crippen molar-refractivity contribution in [3.63, 3.8) is 0 Å². The monoisotopic (exact) mass is 374 g/mol. The van der Waals surface area contributed by atoms with Crippen molar-refractivity contribution in [2.75, 3.05) is 12.3 Å². The molecule has 6 heteroatoms. The Kier molecular flexibility index (Phi) is 6.27. The largest absolute Gasteiger partial charge is 0.444 e. The Morgan fingerprint density at radius 2 is 1.81 bits per heavy atom. The molecule has 0 saturated carbocycles. The van der Waals surface area contributed by atoms with Gasteiger partial charge in [-0.1, -0.05) is 41.9 Å². The van der Waals surface area contributed by atoms with Crippen LogP contribution in [0.15, 0.2) is 42.5 Å².